The Morgan fingerprint density at radius 2 is 2.20 bits per heavy atom. The van der Waals surface area contributed by atoms with Gasteiger partial charge in [-0.1, -0.05) is 12.1 Å². The van der Waals surface area contributed by atoms with E-state index < -0.39 is 0 Å². The molecule has 1 unspecified atom stereocenters. The number of nitrogens with zero attached hydrogens (tertiary/aromatic N) is 4. The van der Waals surface area contributed by atoms with Crippen LogP contribution >= 0.6 is 0 Å². The maximum Gasteiger partial charge on any atom is 0.153 e. The van der Waals surface area contributed by atoms with Crippen molar-refractivity contribution in [1.29, 1.82) is 0 Å². The minimum Gasteiger partial charge on any atom is -0.348 e. The van der Waals surface area contributed by atoms with Crippen LogP contribution in [0.2, 0.25) is 0 Å². The van der Waals surface area contributed by atoms with Crippen LogP contribution in [0.15, 0.2) is 42.6 Å². The van der Waals surface area contributed by atoms with Gasteiger partial charge in [0.2, 0.25) is 0 Å². The normalized spacial score (nSPS) is 17.4. The zero-order chi connectivity index (χ0) is 17.4. The number of ketones is 1. The Morgan fingerprint density at radius 3 is 3.00 bits per heavy atom. The third-order valence-electron chi connectivity index (χ3n) is 4.63. The van der Waals surface area contributed by atoms with Crippen molar-refractivity contribution in [2.75, 3.05) is 11.4 Å². The van der Waals surface area contributed by atoms with Crippen LogP contribution in [-0.2, 0) is 11.2 Å². The highest BCUT2D eigenvalue weighted by molar-refractivity contribution is 5.78. The molecule has 1 aliphatic rings. The topological polar surface area (TPSA) is 50.5 Å². The molecule has 3 heterocycles. The van der Waals surface area contributed by atoms with Gasteiger partial charge in [0, 0.05) is 6.54 Å². The molecule has 1 saturated heterocycles. The molecule has 128 valence electrons. The lowest BCUT2D eigenvalue weighted by molar-refractivity contribution is -0.116. The van der Waals surface area contributed by atoms with E-state index in [0.717, 1.165) is 42.1 Å². The largest absolute Gasteiger partial charge is 0.348 e. The smallest absolute Gasteiger partial charge is 0.153 e. The van der Waals surface area contributed by atoms with Crippen molar-refractivity contribution in [1.82, 2.24) is 14.6 Å². The van der Waals surface area contributed by atoms with E-state index in [1.54, 1.807) is 29.8 Å². The highest BCUT2D eigenvalue weighted by Crippen LogP contribution is 2.35. The van der Waals surface area contributed by atoms with Crippen LogP contribution in [0.3, 0.4) is 0 Å². The van der Waals surface area contributed by atoms with Crippen molar-refractivity contribution in [3.63, 3.8) is 0 Å². The molecule has 25 heavy (non-hydrogen) atoms. The van der Waals surface area contributed by atoms with E-state index in [1.807, 2.05) is 18.2 Å². The third kappa shape index (κ3) is 2.99. The Hall–Kier alpha value is -2.76. The lowest BCUT2D eigenvalue weighted by Crippen LogP contribution is -2.24. The zero-order valence-corrected chi connectivity index (χ0v) is 14.0. The summed E-state index contributed by atoms with van der Waals surface area (Å²) in [7, 11) is 0. The molecule has 0 saturated carbocycles. The van der Waals surface area contributed by atoms with Crippen LogP contribution in [0.1, 0.15) is 37.1 Å². The maximum atomic E-state index is 13.6. The molecule has 4 rings (SSSR count). The van der Waals surface area contributed by atoms with Gasteiger partial charge in [-0.05, 0) is 49.6 Å². The van der Waals surface area contributed by atoms with E-state index in [0.29, 0.717) is 6.42 Å². The third-order valence-corrected chi connectivity index (χ3v) is 4.63. The van der Waals surface area contributed by atoms with Crippen LogP contribution < -0.4 is 4.90 Å². The van der Waals surface area contributed by atoms with Gasteiger partial charge in [-0.25, -0.2) is 13.9 Å². The van der Waals surface area contributed by atoms with Crippen LogP contribution in [0.25, 0.3) is 5.65 Å². The summed E-state index contributed by atoms with van der Waals surface area (Å²) < 4.78 is 15.3. The fraction of sp³-hybridized carbons (Fsp3) is 0.316. The number of Topliss-reactive ketones (excluding diaryl/α,β-unsaturated/α-hetero) is 1. The first-order valence-corrected chi connectivity index (χ1v) is 8.47. The molecule has 1 atom stereocenters. The van der Waals surface area contributed by atoms with Crippen molar-refractivity contribution < 1.29 is 9.18 Å². The number of aromatic nitrogens is 3. The van der Waals surface area contributed by atoms with Crippen molar-refractivity contribution in [2.45, 2.75) is 32.2 Å². The van der Waals surface area contributed by atoms with Gasteiger partial charge < -0.3 is 4.90 Å². The predicted molar refractivity (Wildman–Crippen MR) is 93.1 cm³/mol. The molecule has 0 radical (unpaired) electrons. The second-order valence-electron chi connectivity index (χ2n) is 6.50. The van der Waals surface area contributed by atoms with Gasteiger partial charge in [0.1, 0.15) is 17.4 Å². The predicted octanol–water partition coefficient (Wildman–Crippen LogP) is 3.34. The van der Waals surface area contributed by atoms with Gasteiger partial charge in [0.15, 0.2) is 5.65 Å². The van der Waals surface area contributed by atoms with Crippen molar-refractivity contribution in [2.24, 2.45) is 0 Å². The van der Waals surface area contributed by atoms with Gasteiger partial charge in [0.05, 0.1) is 24.4 Å². The Labute approximate surface area is 145 Å². The Morgan fingerprint density at radius 1 is 1.32 bits per heavy atom. The molecule has 5 nitrogen and oxygen atoms in total. The first-order chi connectivity index (χ1) is 12.1. The molecule has 0 aliphatic carbocycles. The van der Waals surface area contributed by atoms with Gasteiger partial charge in [-0.2, -0.15) is 0 Å². The number of hydrogen-bond donors (Lipinski definition) is 0. The van der Waals surface area contributed by atoms with Crippen LogP contribution in [0.4, 0.5) is 10.2 Å². The first kappa shape index (κ1) is 15.7. The molecule has 0 N–H and O–H groups in total. The molecular formula is C19H19FN4O. The van der Waals surface area contributed by atoms with E-state index >= 15 is 0 Å². The van der Waals surface area contributed by atoms with Crippen LogP contribution in [-0.4, -0.2) is 26.9 Å². The number of imidazole rings is 1. The molecule has 3 aromatic rings. The maximum absolute atomic E-state index is 13.6. The lowest BCUT2D eigenvalue weighted by Gasteiger charge is -2.26. The Kier molecular flexibility index (Phi) is 3.95. The number of anilines is 1. The van der Waals surface area contributed by atoms with E-state index in [2.05, 4.69) is 9.88 Å². The minimum atomic E-state index is -0.217. The second kappa shape index (κ2) is 6.27. The van der Waals surface area contributed by atoms with E-state index in [1.165, 1.54) is 6.07 Å². The van der Waals surface area contributed by atoms with Gasteiger partial charge in [-0.3, -0.25) is 4.79 Å². The highest BCUT2D eigenvalue weighted by Gasteiger charge is 2.27. The SMILES string of the molecule is CC(=O)Cc1cnc2ccc(N3CCCC3c3cccc(F)c3)nn12. The molecule has 6 heteroatoms. The summed E-state index contributed by atoms with van der Waals surface area (Å²) in [5.74, 6) is 0.681. The number of carbonyl (C=O) groups excluding carboxylic acids is 1. The fourth-order valence-electron chi connectivity index (χ4n) is 3.54. The molecule has 1 aromatic carbocycles. The van der Waals surface area contributed by atoms with Crippen molar-refractivity contribution >= 4 is 17.2 Å². The number of carbonyl (C=O) groups is 1. The Balaban J connectivity index is 1.71. The zero-order valence-electron chi connectivity index (χ0n) is 14.0. The second-order valence-corrected chi connectivity index (χ2v) is 6.50. The van der Waals surface area contributed by atoms with E-state index in [-0.39, 0.29) is 17.6 Å². The minimum absolute atomic E-state index is 0.0767. The molecule has 1 fully saturated rings. The summed E-state index contributed by atoms with van der Waals surface area (Å²) in [6.07, 6.45) is 4.00. The number of benzene rings is 1. The number of hydrogen-bond acceptors (Lipinski definition) is 4. The molecule has 0 spiro atoms. The molecule has 1 aliphatic heterocycles. The van der Waals surface area contributed by atoms with Gasteiger partial charge >= 0.3 is 0 Å². The average molecular weight is 338 g/mol. The summed E-state index contributed by atoms with van der Waals surface area (Å²) >= 11 is 0. The molecular weight excluding hydrogens is 319 g/mol. The average Bonchev–Trinajstić information content (AvgIpc) is 3.21. The van der Waals surface area contributed by atoms with Gasteiger partial charge in [-0.15, -0.1) is 5.10 Å². The van der Waals surface area contributed by atoms with Crippen molar-refractivity contribution in [3.05, 3.63) is 59.7 Å². The molecule has 0 bridgehead atoms. The van der Waals surface area contributed by atoms with E-state index in [9.17, 15) is 9.18 Å². The summed E-state index contributed by atoms with van der Waals surface area (Å²) in [5.41, 5.74) is 2.47. The van der Waals surface area contributed by atoms with E-state index in [4.69, 9.17) is 5.10 Å². The van der Waals surface area contributed by atoms with Gasteiger partial charge in [0.25, 0.3) is 0 Å². The van der Waals surface area contributed by atoms with Crippen LogP contribution in [0, 0.1) is 5.82 Å². The first-order valence-electron chi connectivity index (χ1n) is 8.47. The molecule has 2 aromatic heterocycles. The fourth-order valence-corrected chi connectivity index (χ4v) is 3.54. The number of rotatable bonds is 4. The van der Waals surface area contributed by atoms with Crippen LogP contribution in [0.5, 0.6) is 0 Å². The Bertz CT molecular complexity index is 936. The summed E-state index contributed by atoms with van der Waals surface area (Å²) in [4.78, 5) is 18.0. The summed E-state index contributed by atoms with van der Waals surface area (Å²) in [5, 5.41) is 4.70. The standard InChI is InChI=1S/C19H19FN4O/c1-13(25)10-16-12-21-18-7-8-19(22-24(16)18)23-9-3-6-17(23)14-4-2-5-15(20)11-14/h2,4-5,7-8,11-12,17H,3,6,9-10H2,1H3. The van der Waals surface area contributed by atoms with Crippen molar-refractivity contribution in [3.8, 4) is 0 Å². The highest BCUT2D eigenvalue weighted by atomic mass is 19.1. The molecule has 0 amide bonds. The number of halogens is 1. The lowest BCUT2D eigenvalue weighted by atomic mass is 10.0. The number of fused-ring (bicyclic) bond motifs is 1. The summed E-state index contributed by atoms with van der Waals surface area (Å²) in [6.45, 7) is 2.43. The monoisotopic (exact) mass is 338 g/mol. The quantitative estimate of drug-likeness (QED) is 0.732. The summed E-state index contributed by atoms with van der Waals surface area (Å²) in [6, 6.07) is 10.7.